The quantitative estimate of drug-likeness (QED) is 0.488. The molecular weight excluding hydrogens is 347 g/mol. The maximum atomic E-state index is 14.0. The van der Waals surface area contributed by atoms with Crippen molar-refractivity contribution in [1.82, 2.24) is 0 Å². The molecule has 0 aromatic heterocycles. The van der Waals surface area contributed by atoms with Crippen LogP contribution in [0.15, 0.2) is 18.2 Å². The van der Waals surface area contributed by atoms with Crippen LogP contribution in [0.5, 0.6) is 0 Å². The first kappa shape index (κ1) is 19.4. The fourth-order valence-electron chi connectivity index (χ4n) is 4.82. The second-order valence-corrected chi connectivity index (χ2v) is 7.88. The summed E-state index contributed by atoms with van der Waals surface area (Å²) >= 11 is 0. The summed E-state index contributed by atoms with van der Waals surface area (Å²) in [6.07, 6.45) is 5.98. The maximum Gasteiger partial charge on any atom is 0.271 e. The van der Waals surface area contributed by atoms with Gasteiger partial charge in [0.2, 0.25) is 0 Å². The second-order valence-electron chi connectivity index (χ2n) is 7.88. The number of alkyl halides is 1. The van der Waals surface area contributed by atoms with Gasteiger partial charge in [-0.3, -0.25) is 4.39 Å². The van der Waals surface area contributed by atoms with Crippen molar-refractivity contribution < 1.29 is 22.0 Å². The average molecular weight is 372 g/mol. The molecule has 26 heavy (non-hydrogen) atoms. The Bertz CT molecular complexity index is 611. The molecule has 0 saturated heterocycles. The van der Waals surface area contributed by atoms with E-state index in [0.29, 0.717) is 17.4 Å². The molecule has 0 aliphatic heterocycles. The average Bonchev–Trinajstić information content (AvgIpc) is 2.64. The zero-order chi connectivity index (χ0) is 18.7. The Kier molecular flexibility index (Phi) is 6.36. The smallest absolute Gasteiger partial charge is 0.251 e. The Balaban J connectivity index is 1.61. The molecule has 0 spiro atoms. The number of rotatable bonds is 4. The fraction of sp³-hybridized carbons (Fsp3) is 0.619. The van der Waals surface area contributed by atoms with Crippen LogP contribution in [0.2, 0.25) is 0 Å². The molecule has 5 heteroatoms. The molecule has 1 aromatic rings. The van der Waals surface area contributed by atoms with Crippen molar-refractivity contribution in [2.24, 2.45) is 17.8 Å². The van der Waals surface area contributed by atoms with Crippen molar-refractivity contribution in [2.75, 3.05) is 6.67 Å². The Morgan fingerprint density at radius 1 is 0.846 bits per heavy atom. The van der Waals surface area contributed by atoms with E-state index < -0.39 is 23.3 Å². The lowest BCUT2D eigenvalue weighted by Crippen LogP contribution is -2.26. The molecule has 2 aliphatic carbocycles. The molecule has 0 N–H and O–H groups in total. The number of benzene rings is 1. The van der Waals surface area contributed by atoms with Gasteiger partial charge in [0.15, 0.2) is 0 Å². The molecule has 3 rings (SSSR count). The lowest BCUT2D eigenvalue weighted by Gasteiger charge is -2.37. The van der Waals surface area contributed by atoms with Gasteiger partial charge >= 0.3 is 0 Å². The molecule has 2 aliphatic rings. The summed E-state index contributed by atoms with van der Waals surface area (Å²) in [5.41, 5.74) is -0.108. The van der Waals surface area contributed by atoms with Gasteiger partial charge in [-0.15, -0.1) is 0 Å². The predicted octanol–water partition coefficient (Wildman–Crippen LogP) is 7.25. The highest BCUT2D eigenvalue weighted by Crippen LogP contribution is 2.44. The lowest BCUT2D eigenvalue weighted by molar-refractivity contribution is 0.148. The number of hydrogen-bond donors (Lipinski definition) is 0. The fourth-order valence-corrected chi connectivity index (χ4v) is 4.82. The van der Waals surface area contributed by atoms with Crippen molar-refractivity contribution >= 4 is 6.08 Å². The Morgan fingerprint density at radius 2 is 1.35 bits per heavy atom. The van der Waals surface area contributed by atoms with Gasteiger partial charge in [-0.25, -0.2) is 8.78 Å². The molecule has 0 amide bonds. The molecule has 0 nitrogen and oxygen atoms in total. The van der Waals surface area contributed by atoms with Crippen molar-refractivity contribution in [3.8, 4) is 0 Å². The van der Waals surface area contributed by atoms with Crippen molar-refractivity contribution in [1.29, 1.82) is 0 Å². The first-order chi connectivity index (χ1) is 12.5. The molecule has 0 atom stereocenters. The minimum atomic E-state index is -2.11. The van der Waals surface area contributed by atoms with Gasteiger partial charge in [-0.2, -0.15) is 8.78 Å². The van der Waals surface area contributed by atoms with Crippen LogP contribution in [0.3, 0.4) is 0 Å². The van der Waals surface area contributed by atoms with E-state index in [-0.39, 0.29) is 24.6 Å². The molecular formula is C21H25F5. The summed E-state index contributed by atoms with van der Waals surface area (Å²) in [5.74, 6) is -0.295. The van der Waals surface area contributed by atoms with Crippen LogP contribution in [-0.2, 0) is 0 Å². The van der Waals surface area contributed by atoms with Gasteiger partial charge in [0, 0.05) is 6.08 Å². The van der Waals surface area contributed by atoms with E-state index in [9.17, 15) is 22.0 Å². The molecule has 0 unspecified atom stereocenters. The predicted molar refractivity (Wildman–Crippen MR) is 92.7 cm³/mol. The minimum Gasteiger partial charge on any atom is -0.251 e. The summed E-state index contributed by atoms with van der Waals surface area (Å²) < 4.78 is 65.4. The van der Waals surface area contributed by atoms with Crippen molar-refractivity contribution in [3.63, 3.8) is 0 Å². The second kappa shape index (κ2) is 8.53. The summed E-state index contributed by atoms with van der Waals surface area (Å²) in [5, 5.41) is 0. The van der Waals surface area contributed by atoms with Crippen LogP contribution >= 0.6 is 0 Å². The third-order valence-electron chi connectivity index (χ3n) is 6.37. The Labute approximate surface area is 151 Å². The van der Waals surface area contributed by atoms with Gasteiger partial charge in [0.1, 0.15) is 11.6 Å². The van der Waals surface area contributed by atoms with Gasteiger partial charge < -0.3 is 0 Å². The standard InChI is InChI=1S/C21H25F5/c22-12-13-1-3-14(4-2-13)15-5-7-16(8-6-15)17-9-19(23)18(11-21(25)26)20(24)10-17/h9-11,13-16H,1-8,12H2. The highest BCUT2D eigenvalue weighted by Gasteiger charge is 2.31. The summed E-state index contributed by atoms with van der Waals surface area (Å²) in [6, 6.07) is 2.41. The van der Waals surface area contributed by atoms with Gasteiger partial charge in [-0.05, 0) is 92.7 Å². The molecule has 2 fully saturated rings. The number of halogens is 5. The lowest BCUT2D eigenvalue weighted by atomic mass is 9.68. The molecule has 0 bridgehead atoms. The summed E-state index contributed by atoms with van der Waals surface area (Å²) in [7, 11) is 0. The monoisotopic (exact) mass is 372 g/mol. The van der Waals surface area contributed by atoms with Crippen molar-refractivity contribution in [2.45, 2.75) is 57.3 Å². The molecule has 2 saturated carbocycles. The molecule has 144 valence electrons. The first-order valence-corrected chi connectivity index (χ1v) is 9.55. The Morgan fingerprint density at radius 3 is 1.81 bits per heavy atom. The van der Waals surface area contributed by atoms with E-state index in [2.05, 4.69) is 0 Å². The Hall–Kier alpha value is -1.39. The topological polar surface area (TPSA) is 0 Å². The van der Waals surface area contributed by atoms with Crippen LogP contribution in [-0.4, -0.2) is 6.67 Å². The third-order valence-corrected chi connectivity index (χ3v) is 6.37. The highest BCUT2D eigenvalue weighted by molar-refractivity contribution is 5.52. The van der Waals surface area contributed by atoms with Crippen molar-refractivity contribution in [3.05, 3.63) is 41.0 Å². The summed E-state index contributed by atoms with van der Waals surface area (Å²) in [6.45, 7) is -0.214. The van der Waals surface area contributed by atoms with E-state index in [1.54, 1.807) is 0 Å². The van der Waals surface area contributed by atoms with Gasteiger partial charge in [0.25, 0.3) is 6.08 Å². The van der Waals surface area contributed by atoms with E-state index >= 15 is 0 Å². The third kappa shape index (κ3) is 4.47. The van der Waals surface area contributed by atoms with E-state index in [1.165, 1.54) is 12.1 Å². The highest BCUT2D eigenvalue weighted by atomic mass is 19.3. The zero-order valence-electron chi connectivity index (χ0n) is 14.8. The molecule has 0 radical (unpaired) electrons. The van der Waals surface area contributed by atoms with E-state index in [4.69, 9.17) is 0 Å². The largest absolute Gasteiger partial charge is 0.271 e. The molecule has 1 aromatic carbocycles. The SMILES string of the molecule is FCC1CCC(C2CCC(c3cc(F)c(C=C(F)F)c(F)c3)CC2)CC1. The van der Waals surface area contributed by atoms with E-state index in [0.717, 1.165) is 51.4 Å². The van der Waals surface area contributed by atoms with E-state index in [1.807, 2.05) is 0 Å². The number of hydrogen-bond acceptors (Lipinski definition) is 0. The van der Waals surface area contributed by atoms with Crippen LogP contribution in [0.1, 0.15) is 68.4 Å². The summed E-state index contributed by atoms with van der Waals surface area (Å²) in [4.78, 5) is 0. The molecule has 0 heterocycles. The zero-order valence-corrected chi connectivity index (χ0v) is 14.8. The minimum absolute atomic E-state index is 0.0747. The normalized spacial score (nSPS) is 29.4. The van der Waals surface area contributed by atoms with Crippen LogP contribution in [0.25, 0.3) is 6.08 Å². The van der Waals surface area contributed by atoms with Crippen LogP contribution < -0.4 is 0 Å². The van der Waals surface area contributed by atoms with Gasteiger partial charge in [0.05, 0.1) is 12.2 Å². The van der Waals surface area contributed by atoms with Crippen LogP contribution in [0, 0.1) is 29.4 Å². The van der Waals surface area contributed by atoms with Crippen LogP contribution in [0.4, 0.5) is 22.0 Å². The van der Waals surface area contributed by atoms with Gasteiger partial charge in [-0.1, -0.05) is 0 Å². The first-order valence-electron chi connectivity index (χ1n) is 9.55. The maximum absolute atomic E-state index is 14.0.